The number of rotatable bonds is 6. The number of halogens is 1. The quantitative estimate of drug-likeness (QED) is 0.405. The lowest BCUT2D eigenvalue weighted by molar-refractivity contribution is 0.311. The van der Waals surface area contributed by atoms with Crippen LogP contribution in [0, 0.1) is 0 Å². The van der Waals surface area contributed by atoms with Crippen molar-refractivity contribution in [3.63, 3.8) is 0 Å². The summed E-state index contributed by atoms with van der Waals surface area (Å²) in [6, 6.07) is 17.7. The van der Waals surface area contributed by atoms with Crippen LogP contribution in [-0.2, 0) is 0 Å². The van der Waals surface area contributed by atoms with Crippen LogP contribution in [0.25, 0.3) is 10.4 Å². The largest absolute Gasteiger partial charge is 0.338 e. The zero-order valence-electron chi connectivity index (χ0n) is 18.1. The fraction of sp³-hybridized carbons (Fsp3) is 0.217. The molecule has 168 valence electrons. The highest BCUT2D eigenvalue weighted by Crippen LogP contribution is 2.31. The van der Waals surface area contributed by atoms with Gasteiger partial charge in [0.15, 0.2) is 5.13 Å². The molecule has 3 heterocycles. The van der Waals surface area contributed by atoms with E-state index >= 15 is 0 Å². The number of nitrogens with one attached hydrogen (secondary N) is 2. The lowest BCUT2D eigenvalue weighted by Gasteiger charge is -2.32. The number of nitrogens with zero attached hydrogens (tertiary/aromatic N) is 6. The van der Waals surface area contributed by atoms with Crippen molar-refractivity contribution >= 4 is 51.6 Å². The fourth-order valence-electron chi connectivity index (χ4n) is 3.47. The minimum absolute atomic E-state index is 0.425. The molecule has 0 bridgehead atoms. The summed E-state index contributed by atoms with van der Waals surface area (Å²) in [7, 11) is 2.12. The molecule has 1 aliphatic rings. The van der Waals surface area contributed by atoms with Crippen molar-refractivity contribution in [2.45, 2.75) is 0 Å². The Morgan fingerprint density at radius 1 is 0.848 bits per heavy atom. The Morgan fingerprint density at radius 3 is 2.30 bits per heavy atom. The third kappa shape index (κ3) is 5.22. The van der Waals surface area contributed by atoms with Crippen LogP contribution in [0.1, 0.15) is 0 Å². The highest BCUT2D eigenvalue weighted by Gasteiger charge is 2.19. The summed E-state index contributed by atoms with van der Waals surface area (Å²) in [4.78, 5) is 24.0. The molecule has 1 saturated heterocycles. The Kier molecular flexibility index (Phi) is 6.34. The Labute approximate surface area is 201 Å². The molecule has 10 heteroatoms. The molecule has 2 N–H and O–H groups in total. The number of hydrogen-bond acceptors (Lipinski definition) is 9. The van der Waals surface area contributed by atoms with Crippen LogP contribution in [0.15, 0.2) is 60.8 Å². The van der Waals surface area contributed by atoms with Gasteiger partial charge in [-0.05, 0) is 24.7 Å². The van der Waals surface area contributed by atoms with E-state index in [1.165, 1.54) is 0 Å². The monoisotopic (exact) mass is 478 g/mol. The van der Waals surface area contributed by atoms with E-state index in [-0.39, 0.29) is 0 Å². The molecule has 1 aliphatic heterocycles. The zero-order chi connectivity index (χ0) is 22.6. The molecule has 0 radical (unpaired) electrons. The third-order valence-corrected chi connectivity index (χ3v) is 6.60. The van der Waals surface area contributed by atoms with Crippen molar-refractivity contribution in [3.05, 3.63) is 65.8 Å². The summed E-state index contributed by atoms with van der Waals surface area (Å²) in [5, 5.41) is 7.80. The summed E-state index contributed by atoms with van der Waals surface area (Å²) >= 11 is 7.89. The Balaban J connectivity index is 1.43. The normalized spacial score (nSPS) is 14.3. The third-order valence-electron chi connectivity index (χ3n) is 5.31. The van der Waals surface area contributed by atoms with Crippen LogP contribution >= 0.6 is 22.9 Å². The number of para-hydroxylation sites is 1. The summed E-state index contributed by atoms with van der Waals surface area (Å²) < 4.78 is 0. The van der Waals surface area contributed by atoms with Gasteiger partial charge in [0.2, 0.25) is 17.8 Å². The van der Waals surface area contributed by atoms with Crippen LogP contribution in [0.5, 0.6) is 0 Å². The molecule has 0 aliphatic carbocycles. The van der Waals surface area contributed by atoms with Gasteiger partial charge in [-0.15, -0.1) is 0 Å². The van der Waals surface area contributed by atoms with Crippen LogP contribution in [0.3, 0.4) is 0 Å². The lowest BCUT2D eigenvalue weighted by atomic mass is 10.2. The maximum atomic E-state index is 6.34. The van der Waals surface area contributed by atoms with E-state index in [0.29, 0.717) is 28.0 Å². The summed E-state index contributed by atoms with van der Waals surface area (Å²) in [5.74, 6) is 1.48. The maximum absolute atomic E-state index is 6.34. The van der Waals surface area contributed by atoms with E-state index in [1.54, 1.807) is 11.3 Å². The van der Waals surface area contributed by atoms with Gasteiger partial charge in [0.25, 0.3) is 0 Å². The molecule has 4 aromatic rings. The van der Waals surface area contributed by atoms with E-state index in [4.69, 9.17) is 16.6 Å². The van der Waals surface area contributed by atoms with Gasteiger partial charge in [-0.3, -0.25) is 5.32 Å². The highest BCUT2D eigenvalue weighted by atomic mass is 35.5. The molecular formula is C23H23ClN8S. The van der Waals surface area contributed by atoms with Crippen LogP contribution in [0.2, 0.25) is 5.02 Å². The first-order valence-electron chi connectivity index (χ1n) is 10.6. The SMILES string of the molecule is CN1CCN(c2nc(Nc3ncc(-c4ccccc4)s3)nc(Nc3ccccc3Cl)n2)CC1. The minimum Gasteiger partial charge on any atom is -0.338 e. The van der Waals surface area contributed by atoms with Gasteiger partial charge >= 0.3 is 0 Å². The first-order chi connectivity index (χ1) is 16.1. The predicted molar refractivity (Wildman–Crippen MR) is 135 cm³/mol. The van der Waals surface area contributed by atoms with Crippen LogP contribution in [0.4, 0.5) is 28.7 Å². The Hall–Kier alpha value is -3.27. The van der Waals surface area contributed by atoms with Gasteiger partial charge in [0, 0.05) is 32.4 Å². The standard InChI is InChI=1S/C23H23ClN8S/c1-31-11-13-32(14-12-31)22-28-20(26-18-10-6-5-9-17(18)24)27-21(29-22)30-23-25-15-19(33-23)16-7-3-2-4-8-16/h2-10,15H,11-14H2,1H3,(H2,25,26,27,28,29,30). The van der Waals surface area contributed by atoms with Gasteiger partial charge in [-0.25, -0.2) is 4.98 Å². The second-order valence-corrected chi connectivity index (χ2v) is 9.14. The number of thiazole rings is 1. The predicted octanol–water partition coefficient (Wildman–Crippen LogP) is 4.89. The van der Waals surface area contributed by atoms with Crippen LogP contribution < -0.4 is 15.5 Å². The molecule has 33 heavy (non-hydrogen) atoms. The second-order valence-electron chi connectivity index (χ2n) is 7.70. The number of anilines is 5. The van der Waals surface area contributed by atoms with Gasteiger partial charge in [0.05, 0.1) is 15.6 Å². The molecule has 0 spiro atoms. The number of benzene rings is 2. The van der Waals surface area contributed by atoms with Crippen molar-refractivity contribution in [1.82, 2.24) is 24.8 Å². The highest BCUT2D eigenvalue weighted by molar-refractivity contribution is 7.18. The maximum Gasteiger partial charge on any atom is 0.235 e. The first kappa shape index (κ1) is 21.6. The van der Waals surface area contributed by atoms with E-state index < -0.39 is 0 Å². The van der Waals surface area contributed by atoms with Gasteiger partial charge < -0.3 is 15.1 Å². The van der Waals surface area contributed by atoms with Crippen molar-refractivity contribution in [2.75, 3.05) is 48.8 Å². The number of aromatic nitrogens is 4. The fourth-order valence-corrected chi connectivity index (χ4v) is 4.47. The van der Waals surface area contributed by atoms with E-state index in [1.807, 2.05) is 48.7 Å². The van der Waals surface area contributed by atoms with Crippen molar-refractivity contribution in [2.24, 2.45) is 0 Å². The molecule has 0 amide bonds. The number of likely N-dealkylation sites (N-methyl/N-ethyl adjacent to an activating group) is 1. The second kappa shape index (κ2) is 9.70. The zero-order valence-corrected chi connectivity index (χ0v) is 19.6. The molecule has 2 aromatic heterocycles. The first-order valence-corrected chi connectivity index (χ1v) is 11.8. The number of piperazine rings is 1. The minimum atomic E-state index is 0.425. The average molecular weight is 479 g/mol. The summed E-state index contributed by atoms with van der Waals surface area (Å²) in [5.41, 5.74) is 1.86. The molecule has 0 unspecified atom stereocenters. The number of hydrogen-bond donors (Lipinski definition) is 2. The molecule has 5 rings (SSSR count). The molecule has 0 saturated carbocycles. The van der Waals surface area contributed by atoms with Gasteiger partial charge in [-0.2, -0.15) is 15.0 Å². The molecule has 2 aromatic carbocycles. The molecule has 0 atom stereocenters. The van der Waals surface area contributed by atoms with Gasteiger partial charge in [0.1, 0.15) is 0 Å². The van der Waals surface area contributed by atoms with Crippen molar-refractivity contribution in [1.29, 1.82) is 0 Å². The van der Waals surface area contributed by atoms with Crippen molar-refractivity contribution < 1.29 is 0 Å². The van der Waals surface area contributed by atoms with Crippen LogP contribution in [-0.4, -0.2) is 58.1 Å². The smallest absolute Gasteiger partial charge is 0.235 e. The summed E-state index contributed by atoms with van der Waals surface area (Å²) in [6.07, 6.45) is 1.85. The molecular weight excluding hydrogens is 456 g/mol. The molecule has 8 nitrogen and oxygen atoms in total. The van der Waals surface area contributed by atoms with E-state index in [9.17, 15) is 0 Å². The topological polar surface area (TPSA) is 82.1 Å². The average Bonchev–Trinajstić information content (AvgIpc) is 3.30. The van der Waals surface area contributed by atoms with E-state index in [2.05, 4.69) is 54.6 Å². The molecule has 1 fully saturated rings. The Morgan fingerprint density at radius 2 is 1.55 bits per heavy atom. The lowest BCUT2D eigenvalue weighted by Crippen LogP contribution is -2.45. The van der Waals surface area contributed by atoms with E-state index in [0.717, 1.165) is 42.3 Å². The Bertz CT molecular complexity index is 1220. The van der Waals surface area contributed by atoms with Crippen molar-refractivity contribution in [3.8, 4) is 10.4 Å². The van der Waals surface area contributed by atoms with Gasteiger partial charge in [-0.1, -0.05) is 65.4 Å². The summed E-state index contributed by atoms with van der Waals surface area (Å²) in [6.45, 7) is 3.60.